The fourth-order valence-electron chi connectivity index (χ4n) is 2.05. The normalized spacial score (nSPS) is 10.9. The van der Waals surface area contributed by atoms with Crippen molar-refractivity contribution in [2.45, 2.75) is 32.8 Å². The molecule has 0 heterocycles. The predicted octanol–water partition coefficient (Wildman–Crippen LogP) is 4.59. The van der Waals surface area contributed by atoms with E-state index < -0.39 is 5.60 Å². The summed E-state index contributed by atoms with van der Waals surface area (Å²) in [6.07, 6.45) is 0.393. The largest absolute Gasteiger partial charge is 0.478 e. The summed E-state index contributed by atoms with van der Waals surface area (Å²) < 4.78 is 6.74. The molecule has 2 N–H and O–H groups in total. The van der Waals surface area contributed by atoms with Crippen LogP contribution >= 0.6 is 15.9 Å². The number of ether oxygens (including phenoxy) is 1. The van der Waals surface area contributed by atoms with E-state index in [0.29, 0.717) is 23.5 Å². The lowest BCUT2D eigenvalue weighted by Crippen LogP contribution is -2.42. The van der Waals surface area contributed by atoms with Crippen LogP contribution in [-0.2, 0) is 9.59 Å². The van der Waals surface area contributed by atoms with Gasteiger partial charge in [-0.25, -0.2) is 0 Å². The Morgan fingerprint density at radius 3 is 2.24 bits per heavy atom. The Morgan fingerprint density at radius 2 is 1.64 bits per heavy atom. The van der Waals surface area contributed by atoms with Gasteiger partial charge in [0.15, 0.2) is 5.60 Å². The maximum atomic E-state index is 12.6. The highest BCUT2D eigenvalue weighted by Gasteiger charge is 2.30. The van der Waals surface area contributed by atoms with Gasteiger partial charge in [-0.05, 0) is 56.3 Å². The fourth-order valence-corrected chi connectivity index (χ4v) is 2.31. The molecule has 6 heteroatoms. The maximum Gasteiger partial charge on any atom is 0.267 e. The number of anilines is 2. The molecule has 132 valence electrons. The summed E-state index contributed by atoms with van der Waals surface area (Å²) in [7, 11) is 0. The van der Waals surface area contributed by atoms with Crippen LogP contribution in [0, 0.1) is 0 Å². The summed E-state index contributed by atoms with van der Waals surface area (Å²) in [4.78, 5) is 24.0. The van der Waals surface area contributed by atoms with Gasteiger partial charge in [0.2, 0.25) is 5.91 Å². The van der Waals surface area contributed by atoms with Crippen LogP contribution in [0.15, 0.2) is 53.0 Å². The molecular formula is C19H21BrN2O3. The van der Waals surface area contributed by atoms with Gasteiger partial charge in [-0.1, -0.05) is 28.9 Å². The number of benzene rings is 2. The second-order valence-corrected chi connectivity index (χ2v) is 6.92. The Bertz CT molecular complexity index is 758. The SMILES string of the molecule is CCC(=O)Nc1cccc(NC(=O)C(C)(C)Oc2ccc(Br)cc2)c1. The lowest BCUT2D eigenvalue weighted by molar-refractivity contribution is -0.128. The minimum absolute atomic E-state index is 0.0811. The summed E-state index contributed by atoms with van der Waals surface area (Å²) in [6.45, 7) is 5.18. The zero-order valence-electron chi connectivity index (χ0n) is 14.4. The standard InChI is InChI=1S/C19H21BrN2O3/c1-4-17(23)21-14-6-5-7-15(12-14)22-18(24)19(2,3)25-16-10-8-13(20)9-11-16/h5-12H,4H2,1-3H3,(H,21,23)(H,22,24). The Kier molecular flexibility index (Phi) is 6.20. The third kappa shape index (κ3) is 5.60. The third-order valence-corrected chi connectivity index (χ3v) is 3.99. The van der Waals surface area contributed by atoms with Crippen LogP contribution in [0.25, 0.3) is 0 Å². The number of hydrogen-bond donors (Lipinski definition) is 2. The van der Waals surface area contributed by atoms with Crippen LogP contribution < -0.4 is 15.4 Å². The topological polar surface area (TPSA) is 67.4 Å². The number of amides is 2. The molecule has 0 unspecified atom stereocenters. The van der Waals surface area contributed by atoms with Gasteiger partial charge in [0.25, 0.3) is 5.91 Å². The van der Waals surface area contributed by atoms with Crippen molar-refractivity contribution in [3.63, 3.8) is 0 Å². The first-order valence-electron chi connectivity index (χ1n) is 7.96. The van der Waals surface area contributed by atoms with Gasteiger partial charge in [-0.2, -0.15) is 0 Å². The van der Waals surface area contributed by atoms with Crippen molar-refractivity contribution < 1.29 is 14.3 Å². The van der Waals surface area contributed by atoms with Crippen molar-refractivity contribution in [1.82, 2.24) is 0 Å². The van der Waals surface area contributed by atoms with Gasteiger partial charge in [-0.3, -0.25) is 9.59 Å². The first-order valence-corrected chi connectivity index (χ1v) is 8.75. The van der Waals surface area contributed by atoms with Crippen LogP contribution in [0.3, 0.4) is 0 Å². The van der Waals surface area contributed by atoms with Gasteiger partial charge in [0, 0.05) is 22.3 Å². The second-order valence-electron chi connectivity index (χ2n) is 6.00. The highest BCUT2D eigenvalue weighted by atomic mass is 79.9. The molecule has 25 heavy (non-hydrogen) atoms. The molecule has 0 aliphatic heterocycles. The van der Waals surface area contributed by atoms with E-state index in [-0.39, 0.29) is 11.8 Å². The van der Waals surface area contributed by atoms with Crippen LogP contribution in [0.5, 0.6) is 5.75 Å². The molecule has 0 saturated heterocycles. The second kappa shape index (κ2) is 8.16. The highest BCUT2D eigenvalue weighted by Crippen LogP contribution is 2.23. The average Bonchev–Trinajstić information content (AvgIpc) is 2.57. The number of halogens is 1. The molecule has 0 aromatic heterocycles. The molecule has 2 aromatic carbocycles. The molecule has 2 rings (SSSR count). The minimum atomic E-state index is -1.06. The summed E-state index contributed by atoms with van der Waals surface area (Å²) in [5, 5.41) is 5.58. The van der Waals surface area contributed by atoms with Crippen LogP contribution in [0.4, 0.5) is 11.4 Å². The lowest BCUT2D eigenvalue weighted by atomic mass is 10.1. The summed E-state index contributed by atoms with van der Waals surface area (Å²) >= 11 is 3.36. The quantitative estimate of drug-likeness (QED) is 0.739. The van der Waals surface area contributed by atoms with Gasteiger partial charge in [0.05, 0.1) is 0 Å². The van der Waals surface area contributed by atoms with E-state index in [1.165, 1.54) is 0 Å². The molecular weight excluding hydrogens is 384 g/mol. The van der Waals surface area contributed by atoms with E-state index in [2.05, 4.69) is 26.6 Å². The zero-order chi connectivity index (χ0) is 18.4. The van der Waals surface area contributed by atoms with Gasteiger partial charge in [-0.15, -0.1) is 0 Å². The van der Waals surface area contributed by atoms with E-state index >= 15 is 0 Å². The van der Waals surface area contributed by atoms with Crippen LogP contribution in [0.1, 0.15) is 27.2 Å². The molecule has 0 fully saturated rings. The molecule has 2 aromatic rings. The highest BCUT2D eigenvalue weighted by molar-refractivity contribution is 9.10. The van der Waals surface area contributed by atoms with Crippen LogP contribution in [0.2, 0.25) is 0 Å². The molecule has 5 nitrogen and oxygen atoms in total. The van der Waals surface area contributed by atoms with Gasteiger partial charge in [0.1, 0.15) is 5.75 Å². The monoisotopic (exact) mass is 404 g/mol. The molecule has 0 aliphatic rings. The van der Waals surface area contributed by atoms with E-state index in [4.69, 9.17) is 4.74 Å². The van der Waals surface area contributed by atoms with Crippen LogP contribution in [-0.4, -0.2) is 17.4 Å². The molecule has 0 radical (unpaired) electrons. The van der Waals surface area contributed by atoms with Gasteiger partial charge >= 0.3 is 0 Å². The van der Waals surface area contributed by atoms with Gasteiger partial charge < -0.3 is 15.4 Å². The lowest BCUT2D eigenvalue weighted by Gasteiger charge is -2.25. The summed E-state index contributed by atoms with van der Waals surface area (Å²) in [5.74, 6) is 0.240. The minimum Gasteiger partial charge on any atom is -0.478 e. The number of hydrogen-bond acceptors (Lipinski definition) is 3. The number of nitrogens with one attached hydrogen (secondary N) is 2. The summed E-state index contributed by atoms with van der Waals surface area (Å²) in [6, 6.07) is 14.3. The van der Waals surface area contributed by atoms with Crippen molar-refractivity contribution in [2.75, 3.05) is 10.6 Å². The van der Waals surface area contributed by atoms with Crippen molar-refractivity contribution >= 4 is 39.1 Å². The first kappa shape index (κ1) is 19.0. The number of rotatable bonds is 6. The molecule has 0 atom stereocenters. The van der Waals surface area contributed by atoms with E-state index in [1.807, 2.05) is 12.1 Å². The fraction of sp³-hybridized carbons (Fsp3) is 0.263. The molecule has 0 aliphatic carbocycles. The molecule has 2 amide bonds. The maximum absolute atomic E-state index is 12.6. The Balaban J connectivity index is 2.05. The third-order valence-electron chi connectivity index (χ3n) is 3.46. The van der Waals surface area contributed by atoms with Crippen molar-refractivity contribution in [3.8, 4) is 5.75 Å². The van der Waals surface area contributed by atoms with Crippen molar-refractivity contribution in [3.05, 3.63) is 53.0 Å². The molecule has 0 spiro atoms. The zero-order valence-corrected chi connectivity index (χ0v) is 16.0. The van der Waals surface area contributed by atoms with E-state index in [9.17, 15) is 9.59 Å². The first-order chi connectivity index (χ1) is 11.8. The van der Waals surface area contributed by atoms with Crippen molar-refractivity contribution in [2.24, 2.45) is 0 Å². The Labute approximate surface area is 155 Å². The van der Waals surface area contributed by atoms with E-state index in [1.54, 1.807) is 57.2 Å². The Hall–Kier alpha value is -2.34. The number of carbonyl (C=O) groups excluding carboxylic acids is 2. The average molecular weight is 405 g/mol. The summed E-state index contributed by atoms with van der Waals surface area (Å²) in [5.41, 5.74) is 0.166. The molecule has 0 bridgehead atoms. The van der Waals surface area contributed by atoms with Crippen molar-refractivity contribution in [1.29, 1.82) is 0 Å². The molecule has 0 saturated carbocycles. The predicted molar refractivity (Wildman–Crippen MR) is 103 cm³/mol. The Morgan fingerprint density at radius 1 is 1.04 bits per heavy atom. The smallest absolute Gasteiger partial charge is 0.267 e. The number of carbonyl (C=O) groups is 2. The van der Waals surface area contributed by atoms with E-state index in [0.717, 1.165) is 4.47 Å².